The molecule has 8 heteroatoms. The van der Waals surface area contributed by atoms with Gasteiger partial charge in [-0.2, -0.15) is 5.10 Å². The van der Waals surface area contributed by atoms with Gasteiger partial charge in [-0.15, -0.1) is 24.0 Å². The lowest BCUT2D eigenvalue weighted by atomic mass is 10.1. The van der Waals surface area contributed by atoms with E-state index in [9.17, 15) is 0 Å². The lowest BCUT2D eigenvalue weighted by molar-refractivity contribution is 0.397. The minimum atomic E-state index is 0. The zero-order valence-corrected chi connectivity index (χ0v) is 17.2. The van der Waals surface area contributed by atoms with Gasteiger partial charge in [0.1, 0.15) is 17.4 Å². The zero-order valence-electron chi connectivity index (χ0n) is 14.9. The van der Waals surface area contributed by atoms with Crippen molar-refractivity contribution in [2.45, 2.75) is 52.1 Å². The predicted molar refractivity (Wildman–Crippen MR) is 108 cm³/mol. The van der Waals surface area contributed by atoms with Crippen LogP contribution in [0.3, 0.4) is 0 Å². The molecule has 3 rings (SSSR count). The van der Waals surface area contributed by atoms with Crippen LogP contribution in [-0.2, 0) is 13.0 Å². The van der Waals surface area contributed by atoms with E-state index in [0.717, 1.165) is 68.7 Å². The molecule has 138 valence electrons. The number of aryl methyl sites for hydroxylation is 2. The summed E-state index contributed by atoms with van der Waals surface area (Å²) in [6, 6.07) is 4.06. The molecule has 0 spiro atoms. The van der Waals surface area contributed by atoms with Crippen molar-refractivity contribution in [3.05, 3.63) is 35.8 Å². The van der Waals surface area contributed by atoms with Crippen LogP contribution in [0.15, 0.2) is 27.8 Å². The van der Waals surface area contributed by atoms with Gasteiger partial charge in [0.15, 0.2) is 5.96 Å². The first-order chi connectivity index (χ1) is 11.8. The van der Waals surface area contributed by atoms with Gasteiger partial charge in [0.25, 0.3) is 0 Å². The van der Waals surface area contributed by atoms with Gasteiger partial charge in [-0.3, -0.25) is 4.99 Å². The van der Waals surface area contributed by atoms with Gasteiger partial charge in [-0.25, -0.2) is 9.67 Å². The highest BCUT2D eigenvalue weighted by Gasteiger charge is 2.24. The van der Waals surface area contributed by atoms with Crippen molar-refractivity contribution in [1.82, 2.24) is 25.4 Å². The van der Waals surface area contributed by atoms with E-state index in [1.807, 2.05) is 23.7 Å². The first kappa shape index (κ1) is 19.7. The highest BCUT2D eigenvalue weighted by molar-refractivity contribution is 14.0. The van der Waals surface area contributed by atoms with E-state index in [4.69, 9.17) is 4.42 Å². The average Bonchev–Trinajstić information content (AvgIpc) is 3.21. The number of guanidine groups is 1. The standard InChI is InChI=1S/C17H26N6O.HI/c1-3-9-18-17(19-10-8-14-6-5-12-24-14)21-15-7-4-11-23-16(15)20-13(2)22-23;/h5-6,12,15H,3-4,7-11H2,1-2H3,(H2,18,19,21);1H. The van der Waals surface area contributed by atoms with E-state index in [0.29, 0.717) is 0 Å². The summed E-state index contributed by atoms with van der Waals surface area (Å²) in [7, 11) is 0. The smallest absolute Gasteiger partial charge is 0.191 e. The van der Waals surface area contributed by atoms with Crippen molar-refractivity contribution >= 4 is 29.9 Å². The van der Waals surface area contributed by atoms with Gasteiger partial charge >= 0.3 is 0 Å². The molecule has 0 aliphatic carbocycles. The summed E-state index contributed by atoms with van der Waals surface area (Å²) in [4.78, 5) is 9.22. The Hall–Kier alpha value is -1.58. The molecule has 1 unspecified atom stereocenters. The molecular weight excluding hydrogens is 431 g/mol. The number of nitrogens with one attached hydrogen (secondary N) is 2. The molecule has 0 saturated carbocycles. The van der Waals surface area contributed by atoms with E-state index >= 15 is 0 Å². The van der Waals surface area contributed by atoms with Gasteiger partial charge in [-0.05, 0) is 38.3 Å². The van der Waals surface area contributed by atoms with Crippen LogP contribution in [0.5, 0.6) is 0 Å². The molecule has 0 fully saturated rings. The van der Waals surface area contributed by atoms with Gasteiger partial charge < -0.3 is 15.1 Å². The Labute approximate surface area is 165 Å². The molecule has 0 bridgehead atoms. The van der Waals surface area contributed by atoms with Crippen molar-refractivity contribution in [3.63, 3.8) is 0 Å². The van der Waals surface area contributed by atoms with Crippen molar-refractivity contribution in [3.8, 4) is 0 Å². The molecule has 3 heterocycles. The molecule has 0 aromatic carbocycles. The van der Waals surface area contributed by atoms with Gasteiger partial charge in [0.05, 0.1) is 12.3 Å². The lowest BCUT2D eigenvalue weighted by Gasteiger charge is -2.25. The van der Waals surface area contributed by atoms with Crippen molar-refractivity contribution < 1.29 is 4.42 Å². The number of aromatic nitrogens is 3. The van der Waals surface area contributed by atoms with E-state index in [1.165, 1.54) is 0 Å². The molecule has 2 aromatic heterocycles. The molecule has 2 aromatic rings. The van der Waals surface area contributed by atoms with Crippen LogP contribution in [0.25, 0.3) is 0 Å². The van der Waals surface area contributed by atoms with Crippen molar-refractivity contribution in [2.24, 2.45) is 4.99 Å². The number of hydrogen-bond donors (Lipinski definition) is 2. The maximum Gasteiger partial charge on any atom is 0.191 e. The Kier molecular flexibility index (Phi) is 7.73. The summed E-state index contributed by atoms with van der Waals surface area (Å²) in [5.74, 6) is 3.65. The molecule has 25 heavy (non-hydrogen) atoms. The highest BCUT2D eigenvalue weighted by atomic mass is 127. The summed E-state index contributed by atoms with van der Waals surface area (Å²) in [5, 5.41) is 11.4. The predicted octanol–water partition coefficient (Wildman–Crippen LogP) is 2.82. The summed E-state index contributed by atoms with van der Waals surface area (Å²) >= 11 is 0. The second kappa shape index (κ2) is 9.79. The number of nitrogens with zero attached hydrogens (tertiary/aromatic N) is 4. The molecule has 1 aliphatic heterocycles. The third-order valence-electron chi connectivity index (χ3n) is 4.03. The summed E-state index contributed by atoms with van der Waals surface area (Å²) < 4.78 is 7.38. The largest absolute Gasteiger partial charge is 0.469 e. The second-order valence-electron chi connectivity index (χ2n) is 6.07. The van der Waals surface area contributed by atoms with Gasteiger partial charge in [0, 0.05) is 26.1 Å². The monoisotopic (exact) mass is 458 g/mol. The van der Waals surface area contributed by atoms with Crippen molar-refractivity contribution in [2.75, 3.05) is 13.1 Å². The molecule has 0 radical (unpaired) electrons. The van der Waals surface area contributed by atoms with Crippen LogP contribution in [-0.4, -0.2) is 33.8 Å². The molecule has 1 aliphatic rings. The third-order valence-corrected chi connectivity index (χ3v) is 4.03. The maximum absolute atomic E-state index is 5.37. The van der Waals surface area contributed by atoms with Crippen LogP contribution >= 0.6 is 24.0 Å². The van der Waals surface area contributed by atoms with E-state index in [-0.39, 0.29) is 30.0 Å². The SMILES string of the molecule is CCCN=C(NCCc1ccco1)NC1CCCn2nc(C)nc21.I. The molecule has 0 amide bonds. The zero-order chi connectivity index (χ0) is 16.8. The van der Waals surface area contributed by atoms with Crippen LogP contribution in [0, 0.1) is 6.92 Å². The Bertz CT molecular complexity index is 667. The fraction of sp³-hybridized carbons (Fsp3) is 0.588. The molecule has 7 nitrogen and oxygen atoms in total. The minimum absolute atomic E-state index is 0. The Morgan fingerprint density at radius 1 is 1.48 bits per heavy atom. The van der Waals surface area contributed by atoms with Crippen LogP contribution < -0.4 is 10.6 Å². The number of halogens is 1. The number of fused-ring (bicyclic) bond motifs is 1. The number of furan rings is 1. The normalized spacial score (nSPS) is 16.9. The molecule has 0 saturated heterocycles. The fourth-order valence-electron chi connectivity index (χ4n) is 2.91. The van der Waals surface area contributed by atoms with E-state index < -0.39 is 0 Å². The van der Waals surface area contributed by atoms with Crippen molar-refractivity contribution in [1.29, 1.82) is 0 Å². The first-order valence-electron chi connectivity index (χ1n) is 8.75. The fourth-order valence-corrected chi connectivity index (χ4v) is 2.91. The quantitative estimate of drug-likeness (QED) is 0.396. The lowest BCUT2D eigenvalue weighted by Crippen LogP contribution is -2.42. The van der Waals surface area contributed by atoms with Crippen LogP contribution in [0.1, 0.15) is 49.6 Å². The maximum atomic E-state index is 5.37. The highest BCUT2D eigenvalue weighted by Crippen LogP contribution is 2.22. The van der Waals surface area contributed by atoms with E-state index in [2.05, 4.69) is 32.6 Å². The topological polar surface area (TPSA) is 80.3 Å². The number of rotatable bonds is 6. The molecule has 2 N–H and O–H groups in total. The van der Waals surface area contributed by atoms with Gasteiger partial charge in [-0.1, -0.05) is 6.92 Å². The Balaban J connectivity index is 0.00000225. The molecule has 1 atom stereocenters. The third kappa shape index (κ3) is 5.45. The van der Waals surface area contributed by atoms with Crippen LogP contribution in [0.4, 0.5) is 0 Å². The Morgan fingerprint density at radius 3 is 3.12 bits per heavy atom. The summed E-state index contributed by atoms with van der Waals surface area (Å²) in [5.41, 5.74) is 0. The Morgan fingerprint density at radius 2 is 2.36 bits per heavy atom. The average molecular weight is 458 g/mol. The van der Waals surface area contributed by atoms with Gasteiger partial charge in [0.2, 0.25) is 0 Å². The van der Waals surface area contributed by atoms with E-state index in [1.54, 1.807) is 6.26 Å². The second-order valence-corrected chi connectivity index (χ2v) is 6.07. The molecular formula is C17H27IN6O. The number of aliphatic imine (C=N–C) groups is 1. The summed E-state index contributed by atoms with van der Waals surface area (Å²) in [6.07, 6.45) is 5.70. The number of hydrogen-bond acceptors (Lipinski definition) is 4. The van der Waals surface area contributed by atoms with Crippen LogP contribution in [0.2, 0.25) is 0 Å². The minimum Gasteiger partial charge on any atom is -0.469 e. The summed E-state index contributed by atoms with van der Waals surface area (Å²) in [6.45, 7) is 6.60. The first-order valence-corrected chi connectivity index (χ1v) is 8.75.